The molecule has 0 spiro atoms. The van der Waals surface area contributed by atoms with Crippen LogP contribution < -0.4 is 20.9 Å². The van der Waals surface area contributed by atoms with Crippen molar-refractivity contribution in [2.75, 3.05) is 28.6 Å². The quantitative estimate of drug-likeness (QED) is 0.324. The van der Waals surface area contributed by atoms with E-state index in [9.17, 15) is 19.1 Å². The second-order valence-corrected chi connectivity index (χ2v) is 10.1. The second-order valence-electron chi connectivity index (χ2n) is 10.1. The number of aromatic nitrogens is 1. The smallest absolute Gasteiger partial charge is 0.268 e. The van der Waals surface area contributed by atoms with E-state index < -0.39 is 5.82 Å². The number of halogens is 1. The molecule has 1 fully saturated rings. The van der Waals surface area contributed by atoms with Crippen LogP contribution in [-0.4, -0.2) is 46.7 Å². The fourth-order valence-corrected chi connectivity index (χ4v) is 4.96. The molecule has 1 aliphatic carbocycles. The molecule has 1 aromatic heterocycles. The van der Waals surface area contributed by atoms with E-state index in [-0.39, 0.29) is 29.6 Å². The molecule has 2 aliphatic rings. The number of aliphatic hydroxyl groups is 1. The van der Waals surface area contributed by atoms with E-state index in [4.69, 9.17) is 0 Å². The molecule has 2 amide bonds. The summed E-state index contributed by atoms with van der Waals surface area (Å²) in [6.45, 7) is 4.27. The van der Waals surface area contributed by atoms with E-state index in [1.54, 1.807) is 30.3 Å². The number of allylic oxidation sites excluding steroid dienone is 1. The molecule has 1 unspecified atom stereocenters. The van der Waals surface area contributed by atoms with Crippen LogP contribution in [-0.2, 0) is 6.54 Å². The van der Waals surface area contributed by atoms with Gasteiger partial charge < -0.3 is 30.5 Å². The third-order valence-electron chi connectivity index (χ3n) is 7.28. The van der Waals surface area contributed by atoms with Gasteiger partial charge in [0.2, 0.25) is 0 Å². The molecule has 1 saturated heterocycles. The Morgan fingerprint density at radius 1 is 1.05 bits per heavy atom. The summed E-state index contributed by atoms with van der Waals surface area (Å²) in [6, 6.07) is 15.3. The van der Waals surface area contributed by atoms with E-state index in [0.29, 0.717) is 23.4 Å². The number of aryl methyl sites for hydroxylation is 1. The lowest BCUT2D eigenvalue weighted by atomic mass is 10.1. The minimum atomic E-state index is -0.495. The number of carbonyl (C=O) groups is 2. The Morgan fingerprint density at radius 2 is 1.82 bits per heavy atom. The summed E-state index contributed by atoms with van der Waals surface area (Å²) >= 11 is 0. The van der Waals surface area contributed by atoms with E-state index in [1.165, 1.54) is 6.07 Å². The van der Waals surface area contributed by atoms with Crippen molar-refractivity contribution in [3.63, 3.8) is 0 Å². The molecule has 208 valence electrons. The van der Waals surface area contributed by atoms with E-state index in [1.807, 2.05) is 54.1 Å². The molecule has 5 rings (SSSR count). The van der Waals surface area contributed by atoms with Crippen molar-refractivity contribution in [1.29, 1.82) is 0 Å². The first-order valence-electron chi connectivity index (χ1n) is 13.6. The molecule has 3 aromatic rings. The minimum absolute atomic E-state index is 0.131. The number of carbonyl (C=O) groups excluding carboxylic acids is 2. The number of anilines is 3. The number of amides is 2. The molecule has 40 heavy (non-hydrogen) atoms. The highest BCUT2D eigenvalue weighted by molar-refractivity contribution is 6.04. The molecule has 1 aliphatic heterocycles. The van der Waals surface area contributed by atoms with Crippen LogP contribution in [0.1, 0.15) is 47.0 Å². The zero-order chi connectivity index (χ0) is 28.1. The molecule has 9 heteroatoms. The van der Waals surface area contributed by atoms with Gasteiger partial charge in [-0.2, -0.15) is 0 Å². The van der Waals surface area contributed by atoms with Crippen molar-refractivity contribution in [1.82, 2.24) is 9.88 Å². The van der Waals surface area contributed by atoms with Gasteiger partial charge in [-0.1, -0.05) is 12.2 Å². The van der Waals surface area contributed by atoms with Gasteiger partial charge in [0, 0.05) is 48.5 Å². The van der Waals surface area contributed by atoms with Crippen LogP contribution in [0.15, 0.2) is 84.7 Å². The summed E-state index contributed by atoms with van der Waals surface area (Å²) in [5.74, 6) is -0.947. The lowest BCUT2D eigenvalue weighted by Crippen LogP contribution is -2.35. The third-order valence-corrected chi connectivity index (χ3v) is 7.28. The molecular weight excluding hydrogens is 509 g/mol. The molecule has 8 nitrogen and oxygen atoms in total. The Labute approximate surface area is 233 Å². The van der Waals surface area contributed by atoms with Crippen molar-refractivity contribution in [2.45, 2.75) is 44.9 Å². The number of benzene rings is 2. The highest BCUT2D eigenvalue weighted by Crippen LogP contribution is 2.24. The lowest BCUT2D eigenvalue weighted by molar-refractivity contribution is 0.0934. The van der Waals surface area contributed by atoms with Gasteiger partial charge >= 0.3 is 0 Å². The summed E-state index contributed by atoms with van der Waals surface area (Å²) < 4.78 is 16.8. The van der Waals surface area contributed by atoms with E-state index in [2.05, 4.69) is 20.9 Å². The predicted molar refractivity (Wildman–Crippen MR) is 155 cm³/mol. The van der Waals surface area contributed by atoms with Gasteiger partial charge in [0.05, 0.1) is 17.8 Å². The number of aliphatic hydroxyl groups excluding tert-OH is 1. The number of nitrogens with zero attached hydrogens (tertiary/aromatic N) is 2. The Hall–Kier alpha value is -4.37. The predicted octanol–water partition coefficient (Wildman–Crippen LogP) is 4.91. The van der Waals surface area contributed by atoms with E-state index >= 15 is 0 Å². The Balaban J connectivity index is 1.13. The van der Waals surface area contributed by atoms with Crippen molar-refractivity contribution >= 4 is 28.9 Å². The molecule has 2 heterocycles. The summed E-state index contributed by atoms with van der Waals surface area (Å²) in [7, 11) is 0. The second kappa shape index (κ2) is 12.2. The molecule has 0 bridgehead atoms. The van der Waals surface area contributed by atoms with Crippen molar-refractivity contribution < 1.29 is 19.1 Å². The van der Waals surface area contributed by atoms with Crippen LogP contribution in [0.3, 0.4) is 0 Å². The number of rotatable bonds is 8. The van der Waals surface area contributed by atoms with Gasteiger partial charge in [-0.25, -0.2) is 4.39 Å². The molecule has 4 N–H and O–H groups in total. The van der Waals surface area contributed by atoms with Gasteiger partial charge in [0.15, 0.2) is 0 Å². The zero-order valence-corrected chi connectivity index (χ0v) is 22.4. The summed E-state index contributed by atoms with van der Waals surface area (Å²) in [6.07, 6.45) is 9.29. The first-order chi connectivity index (χ1) is 19.4. The summed E-state index contributed by atoms with van der Waals surface area (Å²) in [4.78, 5) is 27.5. The van der Waals surface area contributed by atoms with Crippen LogP contribution in [0.5, 0.6) is 0 Å². The average Bonchev–Trinajstić information content (AvgIpc) is 3.45. The fourth-order valence-electron chi connectivity index (χ4n) is 4.96. The SMILES string of the molecule is CCn1cccc1C(=O)NC1C=CC(Nc2ccc(NC(=O)c3ccc(N4CCC(O)CC4)cc3)cc2F)=CC1. The Morgan fingerprint density at radius 3 is 2.50 bits per heavy atom. The van der Waals surface area contributed by atoms with Gasteiger partial charge in [-0.05, 0) is 86.9 Å². The van der Waals surface area contributed by atoms with Crippen LogP contribution in [0, 0.1) is 5.82 Å². The Kier molecular flexibility index (Phi) is 8.31. The van der Waals surface area contributed by atoms with Gasteiger partial charge in [0.1, 0.15) is 11.5 Å². The van der Waals surface area contributed by atoms with Crippen LogP contribution in [0.25, 0.3) is 0 Å². The highest BCUT2D eigenvalue weighted by atomic mass is 19.1. The zero-order valence-electron chi connectivity index (χ0n) is 22.4. The van der Waals surface area contributed by atoms with Crippen LogP contribution >= 0.6 is 0 Å². The largest absolute Gasteiger partial charge is 0.393 e. The average molecular weight is 544 g/mol. The molecule has 2 aromatic carbocycles. The molecule has 1 atom stereocenters. The molecule has 0 radical (unpaired) electrons. The maximum atomic E-state index is 14.9. The van der Waals surface area contributed by atoms with Crippen LogP contribution in [0.2, 0.25) is 0 Å². The monoisotopic (exact) mass is 543 g/mol. The Bertz CT molecular complexity index is 1420. The van der Waals surface area contributed by atoms with Gasteiger partial charge in [-0.15, -0.1) is 0 Å². The van der Waals surface area contributed by atoms with E-state index in [0.717, 1.165) is 43.9 Å². The van der Waals surface area contributed by atoms with Crippen molar-refractivity contribution in [3.05, 3.63) is 102 Å². The minimum Gasteiger partial charge on any atom is -0.393 e. The number of hydrogen-bond acceptors (Lipinski definition) is 5. The number of piperidine rings is 1. The number of hydrogen-bond donors (Lipinski definition) is 4. The van der Waals surface area contributed by atoms with Crippen LogP contribution in [0.4, 0.5) is 21.5 Å². The maximum absolute atomic E-state index is 14.9. The topological polar surface area (TPSA) is 98.6 Å². The van der Waals surface area contributed by atoms with Gasteiger partial charge in [0.25, 0.3) is 11.8 Å². The lowest BCUT2D eigenvalue weighted by Gasteiger charge is -2.31. The normalized spacial score (nSPS) is 17.3. The maximum Gasteiger partial charge on any atom is 0.268 e. The molecule has 0 saturated carbocycles. The fraction of sp³-hybridized carbons (Fsp3) is 0.290. The van der Waals surface area contributed by atoms with Crippen molar-refractivity contribution in [2.24, 2.45) is 0 Å². The first kappa shape index (κ1) is 27.2. The van der Waals surface area contributed by atoms with Gasteiger partial charge in [-0.3, -0.25) is 9.59 Å². The molecular formula is C31H34FN5O3. The van der Waals surface area contributed by atoms with Crippen molar-refractivity contribution in [3.8, 4) is 0 Å². The summed E-state index contributed by atoms with van der Waals surface area (Å²) in [5, 5.41) is 18.5. The highest BCUT2D eigenvalue weighted by Gasteiger charge is 2.18. The summed E-state index contributed by atoms with van der Waals surface area (Å²) in [5.41, 5.74) is 3.47. The standard InChI is InChI=1S/C31H34FN5O3/c1-2-36-17-3-4-29(36)31(40)34-23-9-7-22(8-10-23)33-28-14-11-24(20-27(28)32)35-30(39)21-5-12-25(13-6-21)37-18-15-26(38)16-19-37/h3-9,11-14,17,20,23,26,33,38H,2,10,15-16,18-19H2,1H3,(H,34,40)(H,35,39). The third kappa shape index (κ3) is 6.43. The first-order valence-corrected chi connectivity index (χ1v) is 13.6. The number of nitrogens with one attached hydrogen (secondary N) is 3.